The minimum atomic E-state index is -2.96. The first-order valence-electron chi connectivity index (χ1n) is 19.5. The van der Waals surface area contributed by atoms with E-state index in [1.807, 2.05) is 0 Å². The van der Waals surface area contributed by atoms with E-state index in [1.54, 1.807) is 0 Å². The van der Waals surface area contributed by atoms with Crippen molar-refractivity contribution >= 4 is 72.6 Å². The van der Waals surface area contributed by atoms with E-state index in [0.717, 1.165) is 50.3 Å². The van der Waals surface area contributed by atoms with Crippen molar-refractivity contribution in [3.05, 3.63) is 206 Å². The van der Waals surface area contributed by atoms with Gasteiger partial charge < -0.3 is 4.57 Å². The summed E-state index contributed by atoms with van der Waals surface area (Å²) in [6.07, 6.45) is 0. The van der Waals surface area contributed by atoms with Crippen LogP contribution in [0.3, 0.4) is 0 Å². The maximum atomic E-state index is 5.74. The maximum Gasteiger partial charge on any atom is 0.203 e. The molecule has 0 spiro atoms. The van der Waals surface area contributed by atoms with Crippen LogP contribution in [-0.2, 0) is 0 Å². The first kappa shape index (κ1) is 32.0. The van der Waals surface area contributed by atoms with Gasteiger partial charge in [-0.15, -0.1) is 0 Å². The Morgan fingerprint density at radius 3 is 1.54 bits per heavy atom. The SMILES string of the molecule is c1ccc(-c2nc(-n3c4ccccc4c4cc5c6ccccc6n(-c6ccccc6)c5cc43)c3c(n2)[Si](c2ccccc2)(c2ccccc2)c2ccccc2-3)cc1. The highest BCUT2D eigenvalue weighted by Crippen LogP contribution is 2.42. The fourth-order valence-corrected chi connectivity index (χ4v) is 14.6. The molecule has 11 aromatic rings. The Balaban J connectivity index is 1.28. The highest BCUT2D eigenvalue weighted by molar-refractivity contribution is 7.21. The summed E-state index contributed by atoms with van der Waals surface area (Å²) in [6, 6.07) is 74.8. The molecule has 0 aliphatic carbocycles. The Morgan fingerprint density at radius 1 is 0.386 bits per heavy atom. The van der Waals surface area contributed by atoms with Gasteiger partial charge in [0, 0.05) is 38.4 Å². The van der Waals surface area contributed by atoms with Crippen LogP contribution < -0.4 is 20.9 Å². The van der Waals surface area contributed by atoms with Crippen molar-refractivity contribution in [2.45, 2.75) is 0 Å². The van der Waals surface area contributed by atoms with Crippen LogP contribution in [0.1, 0.15) is 0 Å². The highest BCUT2D eigenvalue weighted by atomic mass is 28.3. The molecular formula is C52H34N4Si. The third kappa shape index (κ3) is 4.49. The number of aromatic nitrogens is 4. The van der Waals surface area contributed by atoms with Gasteiger partial charge in [-0.25, -0.2) is 9.97 Å². The molecule has 57 heavy (non-hydrogen) atoms. The largest absolute Gasteiger partial charge is 0.309 e. The van der Waals surface area contributed by atoms with E-state index in [1.165, 1.54) is 48.2 Å². The lowest BCUT2D eigenvalue weighted by molar-refractivity contribution is 1.06. The molecule has 12 rings (SSSR count). The predicted octanol–water partition coefficient (Wildman–Crippen LogP) is 9.70. The minimum Gasteiger partial charge on any atom is -0.309 e. The van der Waals surface area contributed by atoms with Gasteiger partial charge in [-0.3, -0.25) is 4.57 Å². The monoisotopic (exact) mass is 742 g/mol. The van der Waals surface area contributed by atoms with Crippen LogP contribution in [-0.4, -0.2) is 27.2 Å². The smallest absolute Gasteiger partial charge is 0.203 e. The van der Waals surface area contributed by atoms with E-state index in [2.05, 4.69) is 215 Å². The molecule has 4 nitrogen and oxygen atoms in total. The summed E-state index contributed by atoms with van der Waals surface area (Å²) in [6.45, 7) is 0. The second kappa shape index (κ2) is 12.3. The van der Waals surface area contributed by atoms with Gasteiger partial charge in [0.1, 0.15) is 5.82 Å². The van der Waals surface area contributed by atoms with Crippen molar-refractivity contribution in [2.24, 2.45) is 0 Å². The van der Waals surface area contributed by atoms with E-state index < -0.39 is 8.07 Å². The van der Waals surface area contributed by atoms with Crippen LogP contribution in [0.15, 0.2) is 206 Å². The molecule has 0 saturated carbocycles. The molecule has 8 aromatic carbocycles. The zero-order valence-electron chi connectivity index (χ0n) is 30.9. The van der Waals surface area contributed by atoms with Crippen molar-refractivity contribution in [3.63, 3.8) is 0 Å². The van der Waals surface area contributed by atoms with Gasteiger partial charge in [-0.05, 0) is 57.5 Å². The number of benzene rings is 8. The molecule has 0 fully saturated rings. The Morgan fingerprint density at radius 2 is 0.895 bits per heavy atom. The summed E-state index contributed by atoms with van der Waals surface area (Å²) in [7, 11) is -2.96. The van der Waals surface area contributed by atoms with E-state index >= 15 is 0 Å². The standard InChI is InChI=1S/C52H34N4Si/c1-5-19-35(20-6-1)50-53-51(49-41-29-15-18-32-48(41)57(52(49)54-50,37-23-9-3-10-24-37)38-25-11-4-12-26-38)56-45-31-17-14-28-40(45)43-33-42-39-27-13-16-30-44(39)55(46(42)34-47(43)56)36-21-7-2-8-22-36/h1-34H. The molecule has 1 aliphatic heterocycles. The molecule has 0 bridgehead atoms. The third-order valence-corrected chi connectivity index (χ3v) is 16.7. The lowest BCUT2D eigenvalue weighted by atomic mass is 10.1. The molecular weight excluding hydrogens is 709 g/mol. The molecule has 0 atom stereocenters. The van der Waals surface area contributed by atoms with Crippen LogP contribution >= 0.6 is 0 Å². The quantitative estimate of drug-likeness (QED) is 0.165. The van der Waals surface area contributed by atoms with Crippen molar-refractivity contribution in [3.8, 4) is 34.0 Å². The fraction of sp³-hybridized carbons (Fsp3) is 0. The zero-order chi connectivity index (χ0) is 37.5. The van der Waals surface area contributed by atoms with E-state index in [4.69, 9.17) is 9.97 Å². The molecule has 0 saturated heterocycles. The van der Waals surface area contributed by atoms with E-state index in [0.29, 0.717) is 0 Å². The molecule has 4 heterocycles. The second-order valence-electron chi connectivity index (χ2n) is 14.9. The third-order valence-electron chi connectivity index (χ3n) is 12.0. The summed E-state index contributed by atoms with van der Waals surface area (Å²) in [5, 5.41) is 9.93. The molecule has 0 N–H and O–H groups in total. The maximum absolute atomic E-state index is 5.74. The fourth-order valence-electron chi connectivity index (χ4n) is 9.64. The van der Waals surface area contributed by atoms with Crippen LogP contribution in [0, 0.1) is 0 Å². The Labute approximate surface area is 330 Å². The van der Waals surface area contributed by atoms with Gasteiger partial charge in [-0.1, -0.05) is 170 Å². The first-order valence-corrected chi connectivity index (χ1v) is 21.5. The highest BCUT2D eigenvalue weighted by Gasteiger charge is 2.52. The Hall–Kier alpha value is -7.34. The van der Waals surface area contributed by atoms with Gasteiger partial charge in [0.15, 0.2) is 5.82 Å². The van der Waals surface area contributed by atoms with Crippen molar-refractivity contribution in [1.29, 1.82) is 0 Å². The average molecular weight is 743 g/mol. The number of rotatable bonds is 5. The van der Waals surface area contributed by atoms with E-state index in [-0.39, 0.29) is 0 Å². The van der Waals surface area contributed by atoms with E-state index in [9.17, 15) is 0 Å². The number of hydrogen-bond donors (Lipinski definition) is 0. The number of nitrogens with zero attached hydrogens (tertiary/aromatic N) is 4. The summed E-state index contributed by atoms with van der Waals surface area (Å²) >= 11 is 0. The van der Waals surface area contributed by atoms with Crippen molar-refractivity contribution in [2.75, 3.05) is 0 Å². The van der Waals surface area contributed by atoms with Crippen LogP contribution in [0.5, 0.6) is 0 Å². The molecule has 266 valence electrons. The summed E-state index contributed by atoms with van der Waals surface area (Å²) in [5.74, 6) is 1.63. The van der Waals surface area contributed by atoms with Gasteiger partial charge in [0.05, 0.1) is 27.4 Å². The van der Waals surface area contributed by atoms with Gasteiger partial charge in [0.25, 0.3) is 0 Å². The number of hydrogen-bond acceptors (Lipinski definition) is 2. The molecule has 3 aromatic heterocycles. The van der Waals surface area contributed by atoms with Gasteiger partial charge in [0.2, 0.25) is 8.07 Å². The molecule has 1 aliphatic rings. The van der Waals surface area contributed by atoms with Gasteiger partial charge in [-0.2, -0.15) is 0 Å². The number of para-hydroxylation sites is 3. The molecule has 0 unspecified atom stereocenters. The summed E-state index contributed by atoms with van der Waals surface area (Å²) in [4.78, 5) is 11.4. The van der Waals surface area contributed by atoms with Gasteiger partial charge >= 0.3 is 0 Å². The molecule has 0 radical (unpaired) electrons. The zero-order valence-corrected chi connectivity index (χ0v) is 31.9. The molecule has 0 amide bonds. The van der Waals surface area contributed by atoms with Crippen molar-refractivity contribution < 1.29 is 0 Å². The van der Waals surface area contributed by atoms with Crippen LogP contribution in [0.2, 0.25) is 0 Å². The second-order valence-corrected chi connectivity index (χ2v) is 18.6. The summed E-state index contributed by atoms with van der Waals surface area (Å²) < 4.78 is 4.84. The average Bonchev–Trinajstić information content (AvgIpc) is 3.90. The topological polar surface area (TPSA) is 35.6 Å². The predicted molar refractivity (Wildman–Crippen MR) is 239 cm³/mol. The minimum absolute atomic E-state index is 0.728. The summed E-state index contributed by atoms with van der Waals surface area (Å²) in [5.41, 5.74) is 9.01. The van der Waals surface area contributed by atoms with Crippen molar-refractivity contribution in [1.82, 2.24) is 19.1 Å². The first-order chi connectivity index (χ1) is 28.3. The normalized spacial score (nSPS) is 13.1. The van der Waals surface area contributed by atoms with Crippen LogP contribution in [0.4, 0.5) is 0 Å². The lowest BCUT2D eigenvalue weighted by Gasteiger charge is -2.30. The number of fused-ring (bicyclic) bond motifs is 9. The lowest BCUT2D eigenvalue weighted by Crippen LogP contribution is -2.73. The Kier molecular flexibility index (Phi) is 6.91. The molecule has 5 heteroatoms. The Bertz CT molecular complexity index is 3290. The van der Waals surface area contributed by atoms with Crippen LogP contribution in [0.25, 0.3) is 77.6 Å².